The summed E-state index contributed by atoms with van der Waals surface area (Å²) in [6, 6.07) is 35.7. The van der Waals surface area contributed by atoms with Crippen LogP contribution in [-0.4, -0.2) is 42.0 Å². The molecule has 67 heavy (non-hydrogen) atoms. The Hall–Kier alpha value is -6.48. The predicted octanol–water partition coefficient (Wildman–Crippen LogP) is 13.1. The molecule has 0 unspecified atom stereocenters. The number of carbonyl (C=O) groups is 2. The Labute approximate surface area is 392 Å². The molecule has 8 nitrogen and oxygen atoms in total. The minimum absolute atomic E-state index is 0.152. The summed E-state index contributed by atoms with van der Waals surface area (Å²) in [4.78, 5) is 23.0. The van der Waals surface area contributed by atoms with Crippen LogP contribution in [0.5, 0.6) is 23.0 Å². The maximum absolute atomic E-state index is 12.8. The Morgan fingerprint density at radius 2 is 1.15 bits per heavy atom. The molecule has 0 saturated heterocycles. The Kier molecular flexibility index (Phi) is 17.0. The topological polar surface area (TPSA) is 112 Å². The van der Waals surface area contributed by atoms with Crippen LogP contribution in [0.15, 0.2) is 133 Å². The fourth-order valence-electron chi connectivity index (χ4n) is 7.35. The second kappa shape index (κ2) is 22.8. The molecule has 0 fully saturated rings. The van der Waals surface area contributed by atoms with Gasteiger partial charge in [-0.2, -0.15) is 26.3 Å². The molecule has 6 aromatic rings. The van der Waals surface area contributed by atoms with E-state index in [0.29, 0.717) is 68.3 Å². The fourth-order valence-corrected chi connectivity index (χ4v) is 7.70. The maximum atomic E-state index is 12.8. The standard InChI is InChI=1S/C25H21F3O4.C14H10BrF3.C13H16O4/c26-25(27,28)21-7-4-17(5-8-21)18-3-1-2-16(12-18)15-32-22-9-6-19-13-20(24(29)30)10-11-31-23(19)14-22;15-9-10-2-1-3-12(8-10)11-4-6-13(7-5-11)14(16,17)18;1-2-16-13(15)10-5-6-17-12-8-11(14)4-3-9(12)7-10/h1-9,12,14,20H,10-11,13,15H2,(H,29,30);1-8H,9H2;3-4,8,10,14H,2,5-7H2,1H3/t20-;;10-/m1.1/s1. The van der Waals surface area contributed by atoms with Crippen molar-refractivity contribution in [2.75, 3.05) is 19.8 Å². The van der Waals surface area contributed by atoms with E-state index in [4.69, 9.17) is 18.9 Å². The van der Waals surface area contributed by atoms with Gasteiger partial charge in [0.1, 0.15) is 29.6 Å². The zero-order valence-corrected chi connectivity index (χ0v) is 37.8. The highest BCUT2D eigenvalue weighted by Gasteiger charge is 2.31. The Bertz CT molecular complexity index is 2600. The normalized spacial score (nSPS) is 15.5. The van der Waals surface area contributed by atoms with E-state index in [1.54, 1.807) is 37.3 Å². The van der Waals surface area contributed by atoms with Crippen molar-refractivity contribution < 1.29 is 65.1 Å². The molecule has 8 rings (SSSR count). The summed E-state index contributed by atoms with van der Waals surface area (Å²) in [6.07, 6.45) is -6.52. The number of ether oxygens (including phenoxy) is 4. The summed E-state index contributed by atoms with van der Waals surface area (Å²) in [7, 11) is 0. The van der Waals surface area contributed by atoms with Gasteiger partial charge in [0.15, 0.2) is 0 Å². The summed E-state index contributed by atoms with van der Waals surface area (Å²) >= 11 is 3.35. The minimum Gasteiger partial charge on any atom is -0.508 e. The largest absolute Gasteiger partial charge is 0.508 e. The van der Waals surface area contributed by atoms with Crippen LogP contribution in [0, 0.1) is 11.8 Å². The SMILES string of the molecule is CCOC(=O)[C@@H]1CCOc2cc(O)ccc2C1.FC(F)(F)c1ccc(-c2cccc(CBr)c2)cc1.O=C(O)[C@@H]1CCOc2cc(OCc3cccc(-c4ccc(C(F)(F)F)cc4)c3)ccc2C1. The number of aromatic hydroxyl groups is 1. The number of alkyl halides is 7. The number of rotatable bonds is 9. The molecule has 0 aliphatic carbocycles. The van der Waals surface area contributed by atoms with Gasteiger partial charge in [0.25, 0.3) is 0 Å². The maximum Gasteiger partial charge on any atom is 0.416 e. The van der Waals surface area contributed by atoms with Gasteiger partial charge in [-0.3, -0.25) is 9.59 Å². The summed E-state index contributed by atoms with van der Waals surface area (Å²) in [5.41, 5.74) is 5.62. The molecule has 0 radical (unpaired) electrons. The number of phenolic OH excluding ortho intramolecular Hbond substituents is 1. The van der Waals surface area contributed by atoms with E-state index < -0.39 is 35.4 Å². The third kappa shape index (κ3) is 14.3. The molecule has 2 atom stereocenters. The number of phenols is 1. The third-order valence-corrected chi connectivity index (χ3v) is 11.6. The van der Waals surface area contributed by atoms with Crippen molar-refractivity contribution in [2.24, 2.45) is 11.8 Å². The van der Waals surface area contributed by atoms with Crippen LogP contribution >= 0.6 is 15.9 Å². The molecule has 2 N–H and O–H groups in total. The van der Waals surface area contributed by atoms with Crippen LogP contribution in [0.1, 0.15) is 53.1 Å². The van der Waals surface area contributed by atoms with Gasteiger partial charge >= 0.3 is 24.3 Å². The summed E-state index contributed by atoms with van der Waals surface area (Å²) in [6.45, 7) is 3.28. The number of hydrogen-bond acceptors (Lipinski definition) is 7. The van der Waals surface area contributed by atoms with Crippen LogP contribution < -0.4 is 14.2 Å². The first kappa shape index (κ1) is 49.9. The van der Waals surface area contributed by atoms with Gasteiger partial charge in [-0.15, -0.1) is 0 Å². The second-order valence-corrected chi connectivity index (χ2v) is 16.3. The van der Waals surface area contributed by atoms with Gasteiger partial charge in [-0.25, -0.2) is 0 Å². The molecule has 15 heteroatoms. The zero-order chi connectivity index (χ0) is 48.1. The Balaban J connectivity index is 0.000000180. The number of carboxylic acid groups (broad SMARTS) is 1. The van der Waals surface area contributed by atoms with Crippen molar-refractivity contribution in [2.45, 2.75) is 56.9 Å². The van der Waals surface area contributed by atoms with Crippen molar-refractivity contribution in [3.8, 4) is 45.3 Å². The Morgan fingerprint density at radius 3 is 1.69 bits per heavy atom. The highest BCUT2D eigenvalue weighted by molar-refractivity contribution is 9.08. The van der Waals surface area contributed by atoms with Crippen LogP contribution in [0.4, 0.5) is 26.3 Å². The second-order valence-electron chi connectivity index (χ2n) is 15.7. The first-order chi connectivity index (χ1) is 32.0. The number of aliphatic carboxylic acids is 1. The first-order valence-electron chi connectivity index (χ1n) is 21.3. The summed E-state index contributed by atoms with van der Waals surface area (Å²) in [5.74, 6) is 0.459. The average molecular weight is 994 g/mol. The van der Waals surface area contributed by atoms with Gasteiger partial charge < -0.3 is 29.2 Å². The number of hydrogen-bond donors (Lipinski definition) is 2. The smallest absolute Gasteiger partial charge is 0.416 e. The molecule has 2 aliphatic heterocycles. The van der Waals surface area contributed by atoms with Gasteiger partial charge in [0.05, 0.1) is 42.8 Å². The number of fused-ring (bicyclic) bond motifs is 2. The molecule has 0 amide bonds. The minimum atomic E-state index is -4.36. The number of carboxylic acids is 1. The molecular weight excluding hydrogens is 946 g/mol. The molecule has 2 heterocycles. The monoisotopic (exact) mass is 992 g/mol. The highest BCUT2D eigenvalue weighted by Crippen LogP contribution is 2.35. The van der Waals surface area contributed by atoms with Crippen LogP contribution in [0.2, 0.25) is 0 Å². The highest BCUT2D eigenvalue weighted by atomic mass is 79.9. The summed E-state index contributed by atoms with van der Waals surface area (Å²) < 4.78 is 97.8. The van der Waals surface area contributed by atoms with Crippen molar-refractivity contribution in [3.05, 3.63) is 167 Å². The molecule has 0 spiro atoms. The van der Waals surface area contributed by atoms with E-state index in [1.807, 2.05) is 54.6 Å². The van der Waals surface area contributed by atoms with Gasteiger partial charge in [0.2, 0.25) is 0 Å². The first-order valence-corrected chi connectivity index (χ1v) is 22.4. The Morgan fingerprint density at radius 1 is 0.642 bits per heavy atom. The van der Waals surface area contributed by atoms with E-state index in [0.717, 1.165) is 68.5 Å². The molecule has 0 bridgehead atoms. The molecule has 0 aromatic heterocycles. The van der Waals surface area contributed by atoms with E-state index in [-0.39, 0.29) is 24.2 Å². The zero-order valence-electron chi connectivity index (χ0n) is 36.2. The lowest BCUT2D eigenvalue weighted by Gasteiger charge is -2.12. The molecule has 352 valence electrons. The van der Waals surface area contributed by atoms with Crippen molar-refractivity contribution in [1.29, 1.82) is 0 Å². The third-order valence-electron chi connectivity index (χ3n) is 10.9. The van der Waals surface area contributed by atoms with E-state index >= 15 is 0 Å². The van der Waals surface area contributed by atoms with Gasteiger partial charge in [-0.1, -0.05) is 94.8 Å². The number of halogens is 7. The number of carbonyl (C=O) groups excluding carboxylic acids is 1. The fraction of sp³-hybridized carbons (Fsp3) is 0.269. The van der Waals surface area contributed by atoms with Gasteiger partial charge in [-0.05, 0) is 120 Å². The van der Waals surface area contributed by atoms with E-state index in [9.17, 15) is 46.1 Å². The number of benzene rings is 6. The van der Waals surface area contributed by atoms with Crippen molar-refractivity contribution >= 4 is 27.9 Å². The molecule has 6 aromatic carbocycles. The predicted molar refractivity (Wildman–Crippen MR) is 244 cm³/mol. The van der Waals surface area contributed by atoms with Gasteiger partial charge in [0, 0.05) is 17.5 Å². The van der Waals surface area contributed by atoms with E-state index in [2.05, 4.69) is 15.9 Å². The van der Waals surface area contributed by atoms with Crippen LogP contribution in [0.25, 0.3) is 22.3 Å². The van der Waals surface area contributed by atoms with Crippen molar-refractivity contribution in [1.82, 2.24) is 0 Å². The molecule has 2 aliphatic rings. The number of esters is 1. The summed E-state index contributed by atoms with van der Waals surface area (Å²) in [5, 5.41) is 19.4. The van der Waals surface area contributed by atoms with Crippen LogP contribution in [0.3, 0.4) is 0 Å². The molecule has 0 saturated carbocycles. The lowest BCUT2D eigenvalue weighted by molar-refractivity contribution is -0.148. The quantitative estimate of drug-likeness (QED) is 0.0837. The lowest BCUT2D eigenvalue weighted by atomic mass is 9.97. The van der Waals surface area contributed by atoms with Crippen molar-refractivity contribution in [3.63, 3.8) is 0 Å². The van der Waals surface area contributed by atoms with Crippen LogP contribution in [-0.2, 0) is 51.5 Å². The molecular formula is C52H47BrF6O8. The lowest BCUT2D eigenvalue weighted by Crippen LogP contribution is -2.20. The average Bonchev–Trinajstić information content (AvgIpc) is 3.67. The van der Waals surface area contributed by atoms with E-state index in [1.165, 1.54) is 24.3 Å².